The fourth-order valence-electron chi connectivity index (χ4n) is 1.63. The Balaban J connectivity index is 2.62. The van der Waals surface area contributed by atoms with E-state index in [1.165, 1.54) is 4.57 Å². The highest BCUT2D eigenvalue weighted by atomic mass is 35.5. The van der Waals surface area contributed by atoms with Crippen molar-refractivity contribution in [2.75, 3.05) is 0 Å². The third-order valence-corrected chi connectivity index (χ3v) is 3.04. The van der Waals surface area contributed by atoms with Gasteiger partial charge in [-0.1, -0.05) is 11.6 Å². The number of benzene rings is 1. The number of nitrogens with one attached hydrogen (secondary N) is 1. The molecule has 0 aliphatic rings. The summed E-state index contributed by atoms with van der Waals surface area (Å²) in [5.74, 6) is -1.23. The Hall–Kier alpha value is -1.66. The number of aromatic nitrogens is 2. The maximum absolute atomic E-state index is 12.1. The third-order valence-electron chi connectivity index (χ3n) is 2.48. The van der Waals surface area contributed by atoms with Gasteiger partial charge in [-0.2, -0.15) is 0 Å². The minimum atomic E-state index is -1.23. The Kier molecular flexibility index (Phi) is 3.49. The second-order valence-electron chi connectivity index (χ2n) is 3.70. The predicted octanol–water partition coefficient (Wildman–Crippen LogP) is 0.852. The van der Waals surface area contributed by atoms with Crippen molar-refractivity contribution < 1.29 is 9.90 Å². The Morgan fingerprint density at radius 1 is 1.50 bits per heavy atom. The molecule has 0 aliphatic carbocycles. The van der Waals surface area contributed by atoms with E-state index in [0.717, 1.165) is 0 Å². The van der Waals surface area contributed by atoms with Gasteiger partial charge in [0.15, 0.2) is 4.77 Å². The van der Waals surface area contributed by atoms with Gasteiger partial charge in [-0.3, -0.25) is 9.36 Å². The maximum Gasteiger partial charge on any atom is 0.262 e. The Morgan fingerprint density at radius 2 is 2.22 bits per heavy atom. The van der Waals surface area contributed by atoms with Crippen molar-refractivity contribution in [3.63, 3.8) is 0 Å². The van der Waals surface area contributed by atoms with Crippen LogP contribution in [0.3, 0.4) is 0 Å². The van der Waals surface area contributed by atoms with Crippen LogP contribution >= 0.6 is 23.8 Å². The number of carbonyl (C=O) groups is 1. The lowest BCUT2D eigenvalue weighted by Crippen LogP contribution is -2.28. The van der Waals surface area contributed by atoms with E-state index in [2.05, 4.69) is 4.98 Å². The average molecular weight is 284 g/mol. The van der Waals surface area contributed by atoms with Crippen LogP contribution in [0, 0.1) is 4.77 Å². The molecule has 0 amide bonds. The van der Waals surface area contributed by atoms with Crippen LogP contribution in [0.25, 0.3) is 10.9 Å². The van der Waals surface area contributed by atoms with Crippen LogP contribution in [0.1, 0.15) is 6.42 Å². The second-order valence-corrected chi connectivity index (χ2v) is 4.52. The highest BCUT2D eigenvalue weighted by Gasteiger charge is 2.05. The molecule has 0 spiro atoms. The largest absolute Gasteiger partial charge is 0.550 e. The second kappa shape index (κ2) is 4.91. The van der Waals surface area contributed by atoms with Crippen molar-refractivity contribution >= 4 is 40.7 Å². The molecule has 0 bridgehead atoms. The van der Waals surface area contributed by atoms with Gasteiger partial charge in [0.2, 0.25) is 0 Å². The number of hydrogen-bond donors (Lipinski definition) is 1. The monoisotopic (exact) mass is 283 g/mol. The summed E-state index contributed by atoms with van der Waals surface area (Å²) in [6, 6.07) is 4.75. The van der Waals surface area contributed by atoms with Crippen LogP contribution in [0.2, 0.25) is 5.02 Å². The van der Waals surface area contributed by atoms with Crippen molar-refractivity contribution in [1.82, 2.24) is 9.55 Å². The quantitative estimate of drug-likeness (QED) is 0.847. The van der Waals surface area contributed by atoms with E-state index in [1.807, 2.05) is 0 Å². The molecule has 0 atom stereocenters. The minimum Gasteiger partial charge on any atom is -0.550 e. The third kappa shape index (κ3) is 2.44. The Labute approximate surface area is 112 Å². The zero-order valence-corrected chi connectivity index (χ0v) is 10.7. The first kappa shape index (κ1) is 12.8. The van der Waals surface area contributed by atoms with Gasteiger partial charge in [0, 0.05) is 24.0 Å². The molecule has 0 saturated heterocycles. The molecule has 0 radical (unpaired) electrons. The summed E-state index contributed by atoms with van der Waals surface area (Å²) >= 11 is 10.8. The molecular weight excluding hydrogens is 276 g/mol. The molecule has 1 N–H and O–H groups in total. The standard InChI is InChI=1S/C11H9ClN2O3S/c12-6-1-2-7-8(5-6)13-11(18)14(10(7)17)4-3-9(15)16/h1-2,5H,3-4H2,(H,13,18)(H,15,16)/p-1. The molecule has 1 heterocycles. The summed E-state index contributed by atoms with van der Waals surface area (Å²) in [5.41, 5.74) is 0.189. The summed E-state index contributed by atoms with van der Waals surface area (Å²) in [6.45, 7) is -0.0188. The summed E-state index contributed by atoms with van der Waals surface area (Å²) in [4.78, 5) is 25.4. The SMILES string of the molecule is O=C([O-])CCn1c(=S)[nH]c2cc(Cl)ccc2c1=O. The van der Waals surface area contributed by atoms with E-state index in [0.29, 0.717) is 15.9 Å². The van der Waals surface area contributed by atoms with Gasteiger partial charge in [0.05, 0.1) is 10.9 Å². The van der Waals surface area contributed by atoms with Crippen LogP contribution in [0.4, 0.5) is 0 Å². The number of aliphatic carboxylic acids is 1. The molecule has 5 nitrogen and oxygen atoms in total. The number of H-pyrrole nitrogens is 1. The molecule has 0 aliphatic heterocycles. The van der Waals surface area contributed by atoms with Crippen molar-refractivity contribution in [2.45, 2.75) is 13.0 Å². The molecule has 2 rings (SSSR count). The number of nitrogens with zero attached hydrogens (tertiary/aromatic N) is 1. The first-order valence-electron chi connectivity index (χ1n) is 5.11. The van der Waals surface area contributed by atoms with E-state index >= 15 is 0 Å². The van der Waals surface area contributed by atoms with E-state index < -0.39 is 5.97 Å². The van der Waals surface area contributed by atoms with Gasteiger partial charge < -0.3 is 14.9 Å². The van der Waals surface area contributed by atoms with E-state index in [9.17, 15) is 14.7 Å². The number of carbonyl (C=O) groups excluding carboxylic acids is 1. The number of aromatic amines is 1. The van der Waals surface area contributed by atoms with Crippen LogP contribution in [0.15, 0.2) is 23.0 Å². The molecule has 0 fully saturated rings. The maximum atomic E-state index is 12.1. The topological polar surface area (TPSA) is 77.9 Å². The summed E-state index contributed by atoms with van der Waals surface area (Å²) in [5, 5.41) is 11.3. The van der Waals surface area contributed by atoms with Gasteiger partial charge in [0.25, 0.3) is 5.56 Å². The fourth-order valence-corrected chi connectivity index (χ4v) is 2.09. The number of carboxylic acids is 1. The molecule has 7 heteroatoms. The van der Waals surface area contributed by atoms with Crippen LogP contribution in [0.5, 0.6) is 0 Å². The molecule has 0 saturated carbocycles. The Morgan fingerprint density at radius 3 is 2.89 bits per heavy atom. The number of hydrogen-bond acceptors (Lipinski definition) is 4. The first-order valence-corrected chi connectivity index (χ1v) is 5.90. The highest BCUT2D eigenvalue weighted by molar-refractivity contribution is 7.71. The molecule has 1 aromatic carbocycles. The van der Waals surface area contributed by atoms with Crippen LogP contribution in [-0.4, -0.2) is 15.5 Å². The lowest BCUT2D eigenvalue weighted by Gasteiger charge is -2.08. The molecule has 94 valence electrons. The Bertz CT molecular complexity index is 735. The zero-order valence-electron chi connectivity index (χ0n) is 9.10. The van der Waals surface area contributed by atoms with Gasteiger partial charge in [-0.05, 0) is 30.4 Å². The smallest absolute Gasteiger partial charge is 0.262 e. The lowest BCUT2D eigenvalue weighted by molar-refractivity contribution is -0.305. The van der Waals surface area contributed by atoms with Crippen molar-refractivity contribution in [3.05, 3.63) is 38.3 Å². The van der Waals surface area contributed by atoms with Gasteiger partial charge >= 0.3 is 0 Å². The molecule has 18 heavy (non-hydrogen) atoms. The summed E-state index contributed by atoms with van der Waals surface area (Å²) in [7, 11) is 0. The number of rotatable bonds is 3. The number of fused-ring (bicyclic) bond motifs is 1. The zero-order chi connectivity index (χ0) is 13.3. The molecular formula is C11H8ClN2O3S-. The van der Waals surface area contributed by atoms with Crippen LogP contribution in [-0.2, 0) is 11.3 Å². The van der Waals surface area contributed by atoms with Gasteiger partial charge in [0.1, 0.15) is 0 Å². The van der Waals surface area contributed by atoms with Gasteiger partial charge in [-0.15, -0.1) is 0 Å². The fraction of sp³-hybridized carbons (Fsp3) is 0.182. The first-order chi connectivity index (χ1) is 8.49. The summed E-state index contributed by atoms with van der Waals surface area (Å²) in [6.07, 6.45) is -0.267. The van der Waals surface area contributed by atoms with E-state index in [1.54, 1.807) is 18.2 Å². The molecule has 1 aromatic heterocycles. The average Bonchev–Trinajstić information content (AvgIpc) is 2.27. The minimum absolute atomic E-state index is 0.0188. The van der Waals surface area contributed by atoms with Crippen molar-refractivity contribution in [3.8, 4) is 0 Å². The van der Waals surface area contributed by atoms with E-state index in [-0.39, 0.29) is 23.3 Å². The molecule has 2 aromatic rings. The van der Waals surface area contributed by atoms with E-state index in [4.69, 9.17) is 23.8 Å². The highest BCUT2D eigenvalue weighted by Crippen LogP contribution is 2.14. The number of carboxylic acid groups (broad SMARTS) is 1. The molecule has 0 unspecified atom stereocenters. The van der Waals surface area contributed by atoms with Crippen molar-refractivity contribution in [2.24, 2.45) is 0 Å². The lowest BCUT2D eigenvalue weighted by atomic mass is 10.2. The van der Waals surface area contributed by atoms with Gasteiger partial charge in [-0.25, -0.2) is 0 Å². The number of halogens is 1. The normalized spacial score (nSPS) is 10.7. The van der Waals surface area contributed by atoms with Crippen LogP contribution < -0.4 is 10.7 Å². The summed E-state index contributed by atoms with van der Waals surface area (Å²) < 4.78 is 1.36. The van der Waals surface area contributed by atoms with Crippen molar-refractivity contribution in [1.29, 1.82) is 0 Å². The predicted molar refractivity (Wildman–Crippen MR) is 68.0 cm³/mol.